The van der Waals surface area contributed by atoms with Crippen molar-refractivity contribution < 1.29 is 37.6 Å². The quantitative estimate of drug-likeness (QED) is 0.258. The number of hydrogen-bond donors (Lipinski definition) is 0. The lowest BCUT2D eigenvalue weighted by molar-refractivity contribution is 0.0470. The van der Waals surface area contributed by atoms with E-state index in [1.165, 1.54) is 34.5 Å². The minimum absolute atomic E-state index is 0.0940. The third-order valence-corrected chi connectivity index (χ3v) is 5.62. The maximum atomic E-state index is 13.3. The Hall–Kier alpha value is -4.37. The summed E-state index contributed by atoms with van der Waals surface area (Å²) in [6, 6.07) is 16.5. The maximum Gasteiger partial charge on any atom is 0.211 e. The molecule has 0 aliphatic heterocycles. The van der Waals surface area contributed by atoms with Crippen LogP contribution >= 0.6 is 0 Å². The van der Waals surface area contributed by atoms with Crippen LogP contribution in [0.2, 0.25) is 0 Å². The van der Waals surface area contributed by atoms with Crippen LogP contribution in [0.1, 0.15) is 5.56 Å². The van der Waals surface area contributed by atoms with Crippen molar-refractivity contribution in [2.75, 3.05) is 42.3 Å². The van der Waals surface area contributed by atoms with E-state index in [2.05, 4.69) is 0 Å². The van der Waals surface area contributed by atoms with Gasteiger partial charge in [0.1, 0.15) is 17.8 Å². The standard InChI is InChI=1S/C28H28O9/c1-30-16-36-28-24(32-3)23-19(29)14-21(37-25(23)26(33-4)27(28)34-5)18-11-12-20(22(13-18)31-2)35-15-17-9-7-6-8-10-17/h6-14H,15-16H2,1-5H3. The van der Waals surface area contributed by atoms with Crippen LogP contribution < -0.4 is 33.8 Å². The number of hydrogen-bond acceptors (Lipinski definition) is 9. The topological polar surface area (TPSA) is 94.8 Å². The van der Waals surface area contributed by atoms with E-state index in [-0.39, 0.29) is 46.2 Å². The van der Waals surface area contributed by atoms with E-state index in [9.17, 15) is 4.79 Å². The van der Waals surface area contributed by atoms with Gasteiger partial charge in [0.25, 0.3) is 0 Å². The Balaban J connectivity index is 1.81. The molecule has 0 saturated carbocycles. The van der Waals surface area contributed by atoms with Crippen LogP contribution in [0.3, 0.4) is 0 Å². The molecular formula is C28H28O9. The zero-order valence-electron chi connectivity index (χ0n) is 21.3. The average Bonchev–Trinajstić information content (AvgIpc) is 2.94. The molecule has 0 spiro atoms. The predicted molar refractivity (Wildman–Crippen MR) is 137 cm³/mol. The molecule has 0 saturated heterocycles. The summed E-state index contributed by atoms with van der Waals surface area (Å²) < 4.78 is 45.0. The van der Waals surface area contributed by atoms with Crippen LogP contribution in [0.25, 0.3) is 22.3 Å². The van der Waals surface area contributed by atoms with Gasteiger partial charge < -0.3 is 37.6 Å². The number of benzene rings is 3. The van der Waals surface area contributed by atoms with E-state index < -0.39 is 0 Å². The number of rotatable bonds is 11. The van der Waals surface area contributed by atoms with Crippen LogP contribution in [0.15, 0.2) is 63.8 Å². The molecule has 0 amide bonds. The summed E-state index contributed by atoms with van der Waals surface area (Å²) in [6.07, 6.45) is 0. The third kappa shape index (κ3) is 5.12. The van der Waals surface area contributed by atoms with Gasteiger partial charge in [0, 0.05) is 18.7 Å². The van der Waals surface area contributed by atoms with E-state index in [4.69, 9.17) is 37.6 Å². The summed E-state index contributed by atoms with van der Waals surface area (Å²) in [7, 11) is 7.34. The van der Waals surface area contributed by atoms with E-state index in [0.717, 1.165) is 5.56 Å². The van der Waals surface area contributed by atoms with E-state index in [0.29, 0.717) is 29.4 Å². The molecular weight excluding hydrogens is 480 g/mol. The van der Waals surface area contributed by atoms with Crippen molar-refractivity contribution in [3.05, 3.63) is 70.4 Å². The van der Waals surface area contributed by atoms with Gasteiger partial charge in [-0.15, -0.1) is 0 Å². The Morgan fingerprint density at radius 1 is 0.703 bits per heavy atom. The Morgan fingerprint density at radius 2 is 1.43 bits per heavy atom. The lowest BCUT2D eigenvalue weighted by Gasteiger charge is -2.19. The molecule has 0 aliphatic carbocycles. The van der Waals surface area contributed by atoms with Gasteiger partial charge in [0.05, 0.1) is 28.4 Å². The SMILES string of the molecule is COCOc1c(OC)c(OC)c2oc(-c3ccc(OCc4ccccc4)c(OC)c3)cc(=O)c2c1OC. The molecule has 4 rings (SSSR count). The molecule has 0 unspecified atom stereocenters. The van der Waals surface area contributed by atoms with Gasteiger partial charge in [-0.3, -0.25) is 4.79 Å². The van der Waals surface area contributed by atoms with E-state index >= 15 is 0 Å². The zero-order valence-corrected chi connectivity index (χ0v) is 21.3. The van der Waals surface area contributed by atoms with Crippen molar-refractivity contribution in [1.29, 1.82) is 0 Å². The fraction of sp³-hybridized carbons (Fsp3) is 0.250. The molecule has 9 nitrogen and oxygen atoms in total. The van der Waals surface area contributed by atoms with Gasteiger partial charge in [-0.05, 0) is 23.8 Å². The largest absolute Gasteiger partial charge is 0.493 e. The first-order valence-corrected chi connectivity index (χ1v) is 11.3. The van der Waals surface area contributed by atoms with Crippen LogP contribution in [-0.2, 0) is 11.3 Å². The summed E-state index contributed by atoms with van der Waals surface area (Å²) >= 11 is 0. The fourth-order valence-corrected chi connectivity index (χ4v) is 3.92. The molecule has 0 radical (unpaired) electrons. The molecule has 0 fully saturated rings. The highest BCUT2D eigenvalue weighted by Gasteiger charge is 2.28. The number of methoxy groups -OCH3 is 5. The number of ether oxygens (including phenoxy) is 7. The Kier molecular flexibility index (Phi) is 8.05. The average molecular weight is 509 g/mol. The van der Waals surface area contributed by atoms with Crippen molar-refractivity contribution in [2.45, 2.75) is 6.61 Å². The smallest absolute Gasteiger partial charge is 0.211 e. The van der Waals surface area contributed by atoms with E-state index in [1.807, 2.05) is 30.3 Å². The minimum atomic E-state index is -0.361. The lowest BCUT2D eigenvalue weighted by Crippen LogP contribution is -2.09. The molecule has 0 atom stereocenters. The van der Waals surface area contributed by atoms with Crippen molar-refractivity contribution >= 4 is 11.0 Å². The molecule has 3 aromatic carbocycles. The lowest BCUT2D eigenvalue weighted by atomic mass is 10.1. The van der Waals surface area contributed by atoms with Crippen LogP contribution in [-0.4, -0.2) is 42.3 Å². The second-order valence-electron chi connectivity index (χ2n) is 7.80. The molecule has 0 bridgehead atoms. The highest BCUT2D eigenvalue weighted by Crippen LogP contribution is 2.50. The molecule has 1 heterocycles. The van der Waals surface area contributed by atoms with Crippen molar-refractivity contribution in [3.63, 3.8) is 0 Å². The van der Waals surface area contributed by atoms with Crippen molar-refractivity contribution in [1.82, 2.24) is 0 Å². The summed E-state index contributed by atoms with van der Waals surface area (Å²) in [4.78, 5) is 13.3. The van der Waals surface area contributed by atoms with Crippen molar-refractivity contribution in [3.8, 4) is 45.8 Å². The van der Waals surface area contributed by atoms with E-state index in [1.54, 1.807) is 25.3 Å². The highest BCUT2D eigenvalue weighted by atomic mass is 16.7. The van der Waals surface area contributed by atoms with Gasteiger partial charge in [0.15, 0.2) is 35.1 Å². The molecule has 9 heteroatoms. The molecule has 0 aliphatic rings. The third-order valence-electron chi connectivity index (χ3n) is 5.62. The minimum Gasteiger partial charge on any atom is -0.493 e. The van der Waals surface area contributed by atoms with Gasteiger partial charge in [-0.1, -0.05) is 30.3 Å². The van der Waals surface area contributed by atoms with Crippen LogP contribution in [0.5, 0.6) is 34.5 Å². The molecule has 37 heavy (non-hydrogen) atoms. The second-order valence-corrected chi connectivity index (χ2v) is 7.80. The van der Waals surface area contributed by atoms with Gasteiger partial charge in [0.2, 0.25) is 17.2 Å². The zero-order chi connectivity index (χ0) is 26.4. The maximum absolute atomic E-state index is 13.3. The first kappa shape index (κ1) is 25.7. The number of fused-ring (bicyclic) bond motifs is 1. The van der Waals surface area contributed by atoms with Gasteiger partial charge >= 0.3 is 0 Å². The monoisotopic (exact) mass is 508 g/mol. The van der Waals surface area contributed by atoms with Gasteiger partial charge in [-0.2, -0.15) is 0 Å². The van der Waals surface area contributed by atoms with Crippen LogP contribution in [0, 0.1) is 0 Å². The fourth-order valence-electron chi connectivity index (χ4n) is 3.92. The summed E-state index contributed by atoms with van der Waals surface area (Å²) in [5, 5.41) is 0.143. The summed E-state index contributed by atoms with van der Waals surface area (Å²) in [5.41, 5.74) is 1.41. The van der Waals surface area contributed by atoms with Gasteiger partial charge in [-0.25, -0.2) is 0 Å². The summed E-state index contributed by atoms with van der Waals surface area (Å²) in [5.74, 6) is 2.02. The highest BCUT2D eigenvalue weighted by molar-refractivity contribution is 5.95. The normalized spacial score (nSPS) is 10.7. The molecule has 194 valence electrons. The molecule has 4 aromatic rings. The summed E-state index contributed by atoms with van der Waals surface area (Å²) in [6.45, 7) is 0.287. The first-order valence-electron chi connectivity index (χ1n) is 11.3. The second kappa shape index (κ2) is 11.6. The Bertz CT molecular complexity index is 1430. The molecule has 1 aromatic heterocycles. The van der Waals surface area contributed by atoms with Crippen molar-refractivity contribution in [2.24, 2.45) is 0 Å². The first-order chi connectivity index (χ1) is 18.1. The Morgan fingerprint density at radius 3 is 2.08 bits per heavy atom. The Labute approximate surface area is 214 Å². The predicted octanol–water partition coefficient (Wildman–Crippen LogP) is 5.06. The van der Waals surface area contributed by atoms with Crippen LogP contribution in [0.4, 0.5) is 0 Å². The molecule has 0 N–H and O–H groups in total.